The normalized spacial score (nSPS) is 29.7. The molecule has 0 saturated heterocycles. The highest BCUT2D eigenvalue weighted by Crippen LogP contribution is 2.54. The third-order valence-corrected chi connectivity index (χ3v) is 5.91. The van der Waals surface area contributed by atoms with E-state index in [4.69, 9.17) is 4.74 Å². The Morgan fingerprint density at radius 3 is 2.55 bits per heavy atom. The van der Waals surface area contributed by atoms with Crippen molar-refractivity contribution in [2.75, 3.05) is 7.11 Å². The molecule has 0 bridgehead atoms. The Hall–Kier alpha value is -1.24. The highest BCUT2D eigenvalue weighted by atomic mass is 16.5. The SMILES string of the molecule is COc1cc2c3c(c1C)[C@@H](C=C(C)C)C[C@H](C)[C@H]3CC[C@@H]2C. The second-order valence-corrected chi connectivity index (χ2v) is 7.77. The maximum atomic E-state index is 5.72. The van der Waals surface area contributed by atoms with E-state index in [9.17, 15) is 0 Å². The van der Waals surface area contributed by atoms with Gasteiger partial charge in [-0.25, -0.2) is 0 Å². The van der Waals surface area contributed by atoms with Crippen LogP contribution in [0.3, 0.4) is 0 Å². The molecule has 2 aliphatic rings. The Kier molecular flexibility index (Phi) is 4.09. The van der Waals surface area contributed by atoms with Crippen molar-refractivity contribution in [2.24, 2.45) is 5.92 Å². The summed E-state index contributed by atoms with van der Waals surface area (Å²) < 4.78 is 5.72. The van der Waals surface area contributed by atoms with Crippen LogP contribution in [0.1, 0.15) is 87.0 Å². The van der Waals surface area contributed by atoms with Crippen LogP contribution in [-0.4, -0.2) is 7.11 Å². The fourth-order valence-electron chi connectivity index (χ4n) is 4.86. The molecule has 3 rings (SSSR count). The van der Waals surface area contributed by atoms with Crippen molar-refractivity contribution in [3.05, 3.63) is 40.0 Å². The number of methoxy groups -OCH3 is 1. The van der Waals surface area contributed by atoms with Gasteiger partial charge < -0.3 is 4.74 Å². The second kappa shape index (κ2) is 5.76. The van der Waals surface area contributed by atoms with Gasteiger partial charge in [0, 0.05) is 5.92 Å². The van der Waals surface area contributed by atoms with Gasteiger partial charge in [0.15, 0.2) is 0 Å². The third kappa shape index (κ3) is 2.39. The summed E-state index contributed by atoms with van der Waals surface area (Å²) in [6.07, 6.45) is 6.44. The fraction of sp³-hybridized carbons (Fsp3) is 0.619. The zero-order chi connectivity index (χ0) is 16.0. The number of allylic oxidation sites excluding steroid dienone is 2. The van der Waals surface area contributed by atoms with E-state index in [1.165, 1.54) is 30.4 Å². The lowest BCUT2D eigenvalue weighted by atomic mass is 9.62. The summed E-state index contributed by atoms with van der Waals surface area (Å²) in [5.41, 5.74) is 7.63. The third-order valence-electron chi connectivity index (χ3n) is 5.91. The molecule has 0 aromatic heterocycles. The summed E-state index contributed by atoms with van der Waals surface area (Å²) in [4.78, 5) is 0. The summed E-state index contributed by atoms with van der Waals surface area (Å²) >= 11 is 0. The molecule has 1 nitrogen and oxygen atoms in total. The molecule has 22 heavy (non-hydrogen) atoms. The van der Waals surface area contributed by atoms with Crippen molar-refractivity contribution >= 4 is 0 Å². The van der Waals surface area contributed by atoms with E-state index >= 15 is 0 Å². The quantitative estimate of drug-likeness (QED) is 0.602. The average molecular weight is 298 g/mol. The minimum absolute atomic E-state index is 0.561. The van der Waals surface area contributed by atoms with Crippen molar-refractivity contribution in [2.45, 2.75) is 71.6 Å². The molecule has 0 fully saturated rings. The molecular formula is C21H30O. The molecule has 0 N–H and O–H groups in total. The van der Waals surface area contributed by atoms with Crippen LogP contribution in [0.5, 0.6) is 5.75 Å². The number of benzene rings is 1. The maximum Gasteiger partial charge on any atom is 0.122 e. The molecule has 1 aromatic carbocycles. The van der Waals surface area contributed by atoms with Crippen molar-refractivity contribution in [3.63, 3.8) is 0 Å². The molecule has 120 valence electrons. The van der Waals surface area contributed by atoms with Crippen molar-refractivity contribution in [1.29, 1.82) is 0 Å². The monoisotopic (exact) mass is 298 g/mol. The van der Waals surface area contributed by atoms with Gasteiger partial charge in [0.25, 0.3) is 0 Å². The molecule has 0 saturated carbocycles. The van der Waals surface area contributed by atoms with Gasteiger partial charge in [-0.2, -0.15) is 0 Å². The van der Waals surface area contributed by atoms with Gasteiger partial charge in [-0.1, -0.05) is 25.5 Å². The largest absolute Gasteiger partial charge is 0.496 e. The standard InChI is InChI=1S/C21H30O/c1-12(2)9-16-10-14(4)17-8-7-13(3)18-11-19(22-6)15(5)20(16)21(17)18/h9,11,13-14,16-17H,7-8,10H2,1-6H3/t13-,14-,16-,17+/m0/s1. The highest BCUT2D eigenvalue weighted by Gasteiger charge is 2.38. The van der Waals surface area contributed by atoms with Crippen molar-refractivity contribution < 1.29 is 4.74 Å². The number of hydrogen-bond acceptors (Lipinski definition) is 1. The number of ether oxygens (including phenoxy) is 1. The van der Waals surface area contributed by atoms with Crippen LogP contribution >= 0.6 is 0 Å². The topological polar surface area (TPSA) is 9.23 Å². The molecule has 0 radical (unpaired) electrons. The van der Waals surface area contributed by atoms with E-state index in [-0.39, 0.29) is 0 Å². The molecule has 0 amide bonds. The minimum Gasteiger partial charge on any atom is -0.496 e. The zero-order valence-corrected chi connectivity index (χ0v) is 15.0. The Bertz CT molecular complexity index is 607. The van der Waals surface area contributed by atoms with Crippen LogP contribution in [0.25, 0.3) is 0 Å². The first kappa shape index (κ1) is 15.6. The van der Waals surface area contributed by atoms with Crippen molar-refractivity contribution in [3.8, 4) is 5.75 Å². The van der Waals surface area contributed by atoms with Crippen LogP contribution in [0.15, 0.2) is 17.7 Å². The molecule has 2 aliphatic carbocycles. The van der Waals surface area contributed by atoms with Crippen LogP contribution in [-0.2, 0) is 0 Å². The Morgan fingerprint density at radius 2 is 1.91 bits per heavy atom. The fourth-order valence-corrected chi connectivity index (χ4v) is 4.86. The predicted octanol–water partition coefficient (Wildman–Crippen LogP) is 6.07. The summed E-state index contributed by atoms with van der Waals surface area (Å²) in [7, 11) is 1.81. The van der Waals surface area contributed by atoms with Gasteiger partial charge in [0.05, 0.1) is 7.11 Å². The Balaban J connectivity index is 2.28. The maximum absolute atomic E-state index is 5.72. The van der Waals surface area contributed by atoms with Crippen LogP contribution in [0.2, 0.25) is 0 Å². The van der Waals surface area contributed by atoms with Crippen LogP contribution in [0.4, 0.5) is 0 Å². The van der Waals surface area contributed by atoms with E-state index < -0.39 is 0 Å². The van der Waals surface area contributed by atoms with Gasteiger partial charge in [-0.05, 0) is 86.1 Å². The molecular weight excluding hydrogens is 268 g/mol. The lowest BCUT2D eigenvalue weighted by molar-refractivity contribution is 0.328. The van der Waals surface area contributed by atoms with Crippen molar-refractivity contribution in [1.82, 2.24) is 0 Å². The van der Waals surface area contributed by atoms with Crippen LogP contribution < -0.4 is 4.74 Å². The van der Waals surface area contributed by atoms with E-state index in [1.807, 2.05) is 7.11 Å². The second-order valence-electron chi connectivity index (χ2n) is 7.77. The molecule has 0 spiro atoms. The average Bonchev–Trinajstić information content (AvgIpc) is 2.45. The Morgan fingerprint density at radius 1 is 1.18 bits per heavy atom. The van der Waals surface area contributed by atoms with E-state index in [2.05, 4.69) is 46.8 Å². The van der Waals surface area contributed by atoms with Gasteiger partial charge in [-0.3, -0.25) is 0 Å². The summed E-state index contributed by atoms with van der Waals surface area (Å²) in [6.45, 7) is 11.5. The first-order chi connectivity index (χ1) is 10.4. The molecule has 0 aliphatic heterocycles. The van der Waals surface area contributed by atoms with Gasteiger partial charge in [-0.15, -0.1) is 0 Å². The van der Waals surface area contributed by atoms with Gasteiger partial charge >= 0.3 is 0 Å². The predicted molar refractivity (Wildman–Crippen MR) is 94.1 cm³/mol. The molecule has 1 heteroatoms. The first-order valence-corrected chi connectivity index (χ1v) is 8.80. The Labute approximate surface area is 135 Å². The molecule has 0 heterocycles. The smallest absolute Gasteiger partial charge is 0.122 e. The first-order valence-electron chi connectivity index (χ1n) is 8.80. The number of rotatable bonds is 2. The van der Waals surface area contributed by atoms with E-state index in [0.29, 0.717) is 11.8 Å². The molecule has 1 aromatic rings. The van der Waals surface area contributed by atoms with Gasteiger partial charge in [0.2, 0.25) is 0 Å². The summed E-state index contributed by atoms with van der Waals surface area (Å²) in [5, 5.41) is 0. The molecule has 4 atom stereocenters. The lowest BCUT2D eigenvalue weighted by Gasteiger charge is -2.43. The minimum atomic E-state index is 0.561. The molecule has 0 unspecified atom stereocenters. The van der Waals surface area contributed by atoms with Gasteiger partial charge in [0.1, 0.15) is 5.75 Å². The zero-order valence-electron chi connectivity index (χ0n) is 15.0. The highest BCUT2D eigenvalue weighted by molar-refractivity contribution is 5.56. The van der Waals surface area contributed by atoms with E-state index in [0.717, 1.165) is 17.6 Å². The number of hydrogen-bond donors (Lipinski definition) is 0. The van der Waals surface area contributed by atoms with E-state index in [1.54, 1.807) is 16.7 Å². The summed E-state index contributed by atoms with van der Waals surface area (Å²) in [6, 6.07) is 2.34. The summed E-state index contributed by atoms with van der Waals surface area (Å²) in [5.74, 6) is 3.85. The lowest BCUT2D eigenvalue weighted by Crippen LogP contribution is -2.28. The van der Waals surface area contributed by atoms with Crippen LogP contribution in [0, 0.1) is 12.8 Å².